The van der Waals surface area contributed by atoms with E-state index in [4.69, 9.17) is 4.74 Å². The number of ether oxygens (including phenoxy) is 1. The number of pyridine rings is 1. The van der Waals surface area contributed by atoms with E-state index in [1.54, 1.807) is 11.3 Å². The van der Waals surface area contributed by atoms with Crippen LogP contribution in [-0.4, -0.2) is 59.4 Å². The molecule has 3 aromatic rings. The maximum Gasteiger partial charge on any atom is 0.251 e. The number of nitrogens with one attached hydrogen (secondary N) is 1. The summed E-state index contributed by atoms with van der Waals surface area (Å²) in [5.41, 5.74) is 2.19. The molecule has 4 rings (SSSR count). The quantitative estimate of drug-likeness (QED) is 0.652. The van der Waals surface area contributed by atoms with E-state index < -0.39 is 17.5 Å². The van der Waals surface area contributed by atoms with Crippen molar-refractivity contribution in [2.75, 3.05) is 33.4 Å². The van der Waals surface area contributed by atoms with Gasteiger partial charge in [0, 0.05) is 44.0 Å². The van der Waals surface area contributed by atoms with Gasteiger partial charge in [0.1, 0.15) is 17.3 Å². The molecule has 0 atom stereocenters. The molecule has 9 heteroatoms. The minimum atomic E-state index is -0.813. The van der Waals surface area contributed by atoms with Crippen LogP contribution in [0.15, 0.2) is 30.5 Å². The van der Waals surface area contributed by atoms with Crippen molar-refractivity contribution >= 4 is 17.5 Å². The first-order chi connectivity index (χ1) is 15.8. The topological polar surface area (TPSA) is 75.9 Å². The van der Waals surface area contributed by atoms with Crippen LogP contribution in [0.4, 0.5) is 8.78 Å². The van der Waals surface area contributed by atoms with Gasteiger partial charge in [0.25, 0.3) is 5.91 Å². The minimum Gasteiger partial charge on any atom is -0.378 e. The van der Waals surface area contributed by atoms with Crippen molar-refractivity contribution in [3.8, 4) is 11.3 Å². The van der Waals surface area contributed by atoms with Gasteiger partial charge >= 0.3 is 0 Å². The normalized spacial score (nSPS) is 13.5. The fourth-order valence-corrected chi connectivity index (χ4v) is 3.62. The molecule has 0 saturated carbocycles. The number of amides is 2. The molecule has 1 saturated heterocycles. The number of halogens is 2. The number of hydrogen-bond donors (Lipinski definition) is 1. The van der Waals surface area contributed by atoms with Gasteiger partial charge in [-0.25, -0.2) is 13.8 Å². The van der Waals surface area contributed by atoms with Gasteiger partial charge in [0.15, 0.2) is 0 Å². The first-order valence-corrected chi connectivity index (χ1v) is 10.8. The zero-order valence-electron chi connectivity index (χ0n) is 19.2. The predicted octanol–water partition coefficient (Wildman–Crippen LogP) is 3.51. The number of fused-ring (bicyclic) bond motifs is 1. The average Bonchev–Trinajstić information content (AvgIpc) is 3.13. The van der Waals surface area contributed by atoms with Crippen molar-refractivity contribution in [2.45, 2.75) is 27.2 Å². The van der Waals surface area contributed by atoms with Crippen molar-refractivity contribution in [1.82, 2.24) is 19.6 Å². The van der Waals surface area contributed by atoms with E-state index in [9.17, 15) is 18.4 Å². The second-order valence-corrected chi connectivity index (χ2v) is 7.72. The van der Waals surface area contributed by atoms with Gasteiger partial charge in [-0.05, 0) is 43.7 Å². The molecule has 0 radical (unpaired) electrons. The van der Waals surface area contributed by atoms with Crippen LogP contribution < -0.4 is 5.32 Å². The highest BCUT2D eigenvalue weighted by Gasteiger charge is 2.21. The lowest BCUT2D eigenvalue weighted by Gasteiger charge is -2.26. The third kappa shape index (κ3) is 5.36. The summed E-state index contributed by atoms with van der Waals surface area (Å²) in [6.07, 6.45) is 2.42. The molecule has 1 aliphatic heterocycles. The number of carbonyl (C=O) groups is 2. The third-order valence-corrected chi connectivity index (χ3v) is 5.45. The van der Waals surface area contributed by atoms with Gasteiger partial charge in [0.2, 0.25) is 5.91 Å². The highest BCUT2D eigenvalue weighted by atomic mass is 19.1. The van der Waals surface area contributed by atoms with E-state index in [1.807, 2.05) is 37.1 Å². The largest absolute Gasteiger partial charge is 0.378 e. The Hall–Kier alpha value is -3.33. The number of rotatable bonds is 3. The van der Waals surface area contributed by atoms with Gasteiger partial charge in [0.05, 0.1) is 24.5 Å². The lowest BCUT2D eigenvalue weighted by atomic mass is 10.1. The molecule has 1 N–H and O–H groups in total. The summed E-state index contributed by atoms with van der Waals surface area (Å²) in [5, 5.41) is 2.34. The second-order valence-electron chi connectivity index (χ2n) is 7.72. The predicted molar refractivity (Wildman–Crippen MR) is 121 cm³/mol. The number of morpholine rings is 1. The number of imidazole rings is 1. The summed E-state index contributed by atoms with van der Waals surface area (Å²) in [5.74, 6) is -1.93. The molecule has 0 spiro atoms. The van der Waals surface area contributed by atoms with E-state index in [-0.39, 0.29) is 22.7 Å². The summed E-state index contributed by atoms with van der Waals surface area (Å²) in [7, 11) is 1.40. The monoisotopic (exact) mass is 458 g/mol. The summed E-state index contributed by atoms with van der Waals surface area (Å²) < 4.78 is 35.7. The molecule has 33 heavy (non-hydrogen) atoms. The minimum absolute atomic E-state index is 0.0662. The molecule has 3 heterocycles. The molecular formula is C24H28F2N4O3. The summed E-state index contributed by atoms with van der Waals surface area (Å²) in [6, 6.07) is 5.77. The van der Waals surface area contributed by atoms with Crippen LogP contribution in [0.3, 0.4) is 0 Å². The van der Waals surface area contributed by atoms with Crippen molar-refractivity contribution < 1.29 is 23.1 Å². The zero-order valence-corrected chi connectivity index (χ0v) is 19.2. The molecule has 1 aromatic carbocycles. The van der Waals surface area contributed by atoms with Crippen LogP contribution in [0.5, 0.6) is 0 Å². The highest BCUT2D eigenvalue weighted by molar-refractivity contribution is 5.94. The number of benzene rings is 1. The van der Waals surface area contributed by atoms with E-state index in [0.29, 0.717) is 31.0 Å². The Morgan fingerprint density at radius 1 is 1.12 bits per heavy atom. The smallest absolute Gasteiger partial charge is 0.251 e. The molecular weight excluding hydrogens is 430 g/mol. The third-order valence-electron chi connectivity index (χ3n) is 5.45. The van der Waals surface area contributed by atoms with Crippen LogP contribution in [0.2, 0.25) is 0 Å². The van der Waals surface area contributed by atoms with Gasteiger partial charge in [-0.2, -0.15) is 0 Å². The van der Waals surface area contributed by atoms with Gasteiger partial charge in [-0.15, -0.1) is 0 Å². The molecule has 176 valence electrons. The number of aromatic nitrogens is 2. The van der Waals surface area contributed by atoms with Crippen LogP contribution in [0.25, 0.3) is 16.9 Å². The Labute approximate surface area is 191 Å². The SMILES string of the molecule is CCC(=O)N1CCOCC1.CNC(=O)c1cc(F)c(-c2nc3cc(C)ccn3c2C)c(F)c1. The van der Waals surface area contributed by atoms with Crippen LogP contribution in [0.1, 0.15) is 35.0 Å². The number of carbonyl (C=O) groups excluding carboxylic acids is 2. The molecule has 2 aromatic heterocycles. The number of nitrogens with zero attached hydrogens (tertiary/aromatic N) is 3. The second kappa shape index (κ2) is 10.5. The molecule has 0 bridgehead atoms. The van der Waals surface area contributed by atoms with E-state index in [0.717, 1.165) is 30.8 Å². The zero-order chi connectivity index (χ0) is 24.1. The molecule has 0 unspecified atom stereocenters. The molecule has 7 nitrogen and oxygen atoms in total. The van der Waals surface area contributed by atoms with Crippen LogP contribution in [0, 0.1) is 25.5 Å². The molecule has 1 fully saturated rings. The standard InChI is InChI=1S/C17H15F2N3O.C7H13NO2/c1-9-4-5-22-10(2)16(21-14(22)6-9)15-12(18)7-11(8-13(15)19)17(23)20-3;1-2-7(9)8-3-5-10-6-4-8/h4-8H,1-3H3,(H,20,23);2-6H2,1H3. The van der Waals surface area contributed by atoms with Crippen molar-refractivity contribution in [2.24, 2.45) is 0 Å². The van der Waals surface area contributed by atoms with Gasteiger partial charge in [-0.1, -0.05) is 6.92 Å². The number of hydrogen-bond acceptors (Lipinski definition) is 4. The fraction of sp³-hybridized carbons (Fsp3) is 0.375. The van der Waals surface area contributed by atoms with Crippen LogP contribution in [-0.2, 0) is 9.53 Å². The van der Waals surface area contributed by atoms with E-state index >= 15 is 0 Å². The van der Waals surface area contributed by atoms with Crippen molar-refractivity contribution in [3.63, 3.8) is 0 Å². The van der Waals surface area contributed by atoms with Gasteiger partial charge in [-0.3, -0.25) is 9.59 Å². The molecule has 0 aliphatic carbocycles. The average molecular weight is 459 g/mol. The molecule has 2 amide bonds. The Morgan fingerprint density at radius 3 is 2.33 bits per heavy atom. The van der Waals surface area contributed by atoms with Crippen molar-refractivity contribution in [1.29, 1.82) is 0 Å². The Morgan fingerprint density at radius 2 is 1.76 bits per heavy atom. The van der Waals surface area contributed by atoms with E-state index in [1.165, 1.54) is 7.05 Å². The number of aryl methyl sites for hydroxylation is 2. The molecule has 1 aliphatic rings. The Kier molecular flexibility index (Phi) is 7.75. The fourth-order valence-electron chi connectivity index (χ4n) is 3.62. The Balaban J connectivity index is 0.000000257. The maximum absolute atomic E-state index is 14.4. The summed E-state index contributed by atoms with van der Waals surface area (Å²) in [6.45, 7) is 8.49. The lowest BCUT2D eigenvalue weighted by Crippen LogP contribution is -2.40. The van der Waals surface area contributed by atoms with Crippen LogP contribution >= 0.6 is 0 Å². The maximum atomic E-state index is 14.4. The first-order valence-electron chi connectivity index (χ1n) is 10.8. The summed E-state index contributed by atoms with van der Waals surface area (Å²) >= 11 is 0. The first kappa shape index (κ1) is 24.3. The van der Waals surface area contributed by atoms with Crippen molar-refractivity contribution in [3.05, 3.63) is 58.9 Å². The summed E-state index contributed by atoms with van der Waals surface area (Å²) in [4.78, 5) is 28.8. The lowest BCUT2D eigenvalue weighted by molar-refractivity contribution is -0.134. The van der Waals surface area contributed by atoms with E-state index in [2.05, 4.69) is 10.3 Å². The highest BCUT2D eigenvalue weighted by Crippen LogP contribution is 2.30. The Bertz CT molecular complexity index is 1150. The van der Waals surface area contributed by atoms with Gasteiger partial charge < -0.3 is 19.4 Å².